The summed E-state index contributed by atoms with van der Waals surface area (Å²) in [5, 5.41) is 0.688. The quantitative estimate of drug-likeness (QED) is 0.328. The molecule has 0 bridgehead atoms. The number of aromatic nitrogens is 1. The highest BCUT2D eigenvalue weighted by atomic mass is 32.2. The SMILES string of the molecule is COc1cc(NS(=O)(=O)c2cccc3cccnc23)ccc1C(=O)N1CCN(Cc2ccc(C(F)(F)F)cc2)CC1. The summed E-state index contributed by atoms with van der Waals surface area (Å²) in [6.45, 7) is 2.42. The van der Waals surface area contributed by atoms with Crippen LogP contribution in [0, 0.1) is 0 Å². The highest BCUT2D eigenvalue weighted by molar-refractivity contribution is 7.93. The lowest BCUT2D eigenvalue weighted by molar-refractivity contribution is -0.137. The van der Waals surface area contributed by atoms with E-state index in [1.165, 1.54) is 49.7 Å². The number of benzene rings is 3. The fourth-order valence-electron chi connectivity index (χ4n) is 4.77. The molecule has 0 aliphatic carbocycles. The molecule has 3 aromatic carbocycles. The number of rotatable bonds is 7. The first-order valence-corrected chi connectivity index (χ1v) is 14.3. The molecule has 214 valence electrons. The fourth-order valence-corrected chi connectivity index (χ4v) is 6.00. The van der Waals surface area contributed by atoms with Crippen LogP contribution in [0.25, 0.3) is 10.9 Å². The van der Waals surface area contributed by atoms with Crippen molar-refractivity contribution >= 4 is 32.5 Å². The van der Waals surface area contributed by atoms with E-state index in [9.17, 15) is 26.4 Å². The van der Waals surface area contributed by atoms with Gasteiger partial charge in [0.2, 0.25) is 0 Å². The molecular formula is C29H27F3N4O4S. The molecule has 1 aromatic heterocycles. The van der Waals surface area contributed by atoms with Gasteiger partial charge in [-0.3, -0.25) is 19.4 Å². The lowest BCUT2D eigenvalue weighted by Crippen LogP contribution is -2.48. The summed E-state index contributed by atoms with van der Waals surface area (Å²) in [6.07, 6.45) is -2.85. The van der Waals surface area contributed by atoms with Crippen molar-refractivity contribution < 1.29 is 31.1 Å². The zero-order valence-corrected chi connectivity index (χ0v) is 22.9. The van der Waals surface area contributed by atoms with Crippen molar-refractivity contribution in [2.24, 2.45) is 0 Å². The molecule has 1 N–H and O–H groups in total. The number of piperazine rings is 1. The van der Waals surface area contributed by atoms with Gasteiger partial charge in [0.15, 0.2) is 0 Å². The molecule has 12 heteroatoms. The lowest BCUT2D eigenvalue weighted by atomic mass is 10.1. The maximum atomic E-state index is 13.3. The minimum absolute atomic E-state index is 0.0314. The maximum absolute atomic E-state index is 13.3. The molecule has 4 aromatic rings. The van der Waals surface area contributed by atoms with Crippen LogP contribution in [0.5, 0.6) is 5.75 Å². The van der Waals surface area contributed by atoms with Crippen LogP contribution in [0.4, 0.5) is 18.9 Å². The fraction of sp³-hybridized carbons (Fsp3) is 0.241. The standard InChI is InChI=1S/C29H27F3N4O4S/c1-40-25-18-23(34-41(38,39)26-6-2-4-21-5-3-13-33-27(21)26)11-12-24(25)28(37)36-16-14-35(15-17-36)19-20-7-9-22(10-8-20)29(30,31)32/h2-13,18,34H,14-17,19H2,1H3. The van der Waals surface area contributed by atoms with Crippen LogP contribution in [-0.4, -0.2) is 62.4 Å². The minimum Gasteiger partial charge on any atom is -0.496 e. The zero-order chi connectivity index (χ0) is 29.2. The number of hydrogen-bond acceptors (Lipinski definition) is 6. The Bertz CT molecular complexity index is 1660. The Balaban J connectivity index is 1.24. The number of pyridine rings is 1. The first-order chi connectivity index (χ1) is 19.5. The Morgan fingerprint density at radius 2 is 1.68 bits per heavy atom. The van der Waals surface area contributed by atoms with Gasteiger partial charge < -0.3 is 9.64 Å². The topological polar surface area (TPSA) is 91.8 Å². The van der Waals surface area contributed by atoms with Crippen LogP contribution in [0.3, 0.4) is 0 Å². The van der Waals surface area contributed by atoms with Crippen molar-refractivity contribution in [3.05, 3.63) is 95.7 Å². The van der Waals surface area contributed by atoms with Gasteiger partial charge in [0.05, 0.1) is 29.4 Å². The monoisotopic (exact) mass is 584 g/mol. The van der Waals surface area contributed by atoms with Gasteiger partial charge in [0, 0.05) is 50.4 Å². The Hall–Kier alpha value is -4.16. The van der Waals surface area contributed by atoms with E-state index in [0.29, 0.717) is 49.2 Å². The number of ether oxygens (including phenoxy) is 1. The predicted octanol–water partition coefficient (Wildman–Crippen LogP) is 5.02. The molecule has 1 fully saturated rings. The second-order valence-electron chi connectivity index (χ2n) is 9.61. The third-order valence-electron chi connectivity index (χ3n) is 6.92. The molecule has 1 saturated heterocycles. The summed E-state index contributed by atoms with van der Waals surface area (Å²) in [5.41, 5.74) is 0.941. The normalized spacial score (nSPS) is 14.7. The Morgan fingerprint density at radius 3 is 2.37 bits per heavy atom. The number of alkyl halides is 3. The molecule has 5 rings (SSSR count). The summed E-state index contributed by atoms with van der Waals surface area (Å²) >= 11 is 0. The highest BCUT2D eigenvalue weighted by Crippen LogP contribution is 2.30. The summed E-state index contributed by atoms with van der Waals surface area (Å²) < 4.78 is 72.8. The van der Waals surface area contributed by atoms with Gasteiger partial charge in [0.1, 0.15) is 10.6 Å². The number of para-hydroxylation sites is 1. The highest BCUT2D eigenvalue weighted by Gasteiger charge is 2.30. The van der Waals surface area contributed by atoms with E-state index in [1.54, 1.807) is 29.2 Å². The van der Waals surface area contributed by atoms with Gasteiger partial charge in [-0.25, -0.2) is 8.42 Å². The number of anilines is 1. The minimum atomic E-state index is -4.37. The number of nitrogens with zero attached hydrogens (tertiary/aromatic N) is 3. The van der Waals surface area contributed by atoms with Crippen LogP contribution < -0.4 is 9.46 Å². The maximum Gasteiger partial charge on any atom is 0.416 e. The number of carbonyl (C=O) groups is 1. The van der Waals surface area contributed by atoms with Gasteiger partial charge in [-0.05, 0) is 42.0 Å². The third kappa shape index (κ3) is 6.28. The summed E-state index contributed by atoms with van der Waals surface area (Å²) in [7, 11) is -2.58. The van der Waals surface area contributed by atoms with Gasteiger partial charge in [0.25, 0.3) is 15.9 Å². The molecule has 0 radical (unpaired) electrons. The van der Waals surface area contributed by atoms with E-state index < -0.39 is 21.8 Å². The van der Waals surface area contributed by atoms with Crippen molar-refractivity contribution in [2.75, 3.05) is 38.0 Å². The van der Waals surface area contributed by atoms with E-state index in [1.807, 2.05) is 0 Å². The molecule has 0 unspecified atom stereocenters. The average Bonchev–Trinajstić information content (AvgIpc) is 2.96. The molecule has 41 heavy (non-hydrogen) atoms. The van der Waals surface area contributed by atoms with Crippen molar-refractivity contribution in [1.82, 2.24) is 14.8 Å². The number of methoxy groups -OCH3 is 1. The first-order valence-electron chi connectivity index (χ1n) is 12.8. The number of nitrogens with one attached hydrogen (secondary N) is 1. The van der Waals surface area contributed by atoms with E-state index >= 15 is 0 Å². The third-order valence-corrected chi connectivity index (χ3v) is 8.33. The van der Waals surface area contributed by atoms with E-state index in [4.69, 9.17) is 4.74 Å². The van der Waals surface area contributed by atoms with E-state index in [0.717, 1.165) is 17.7 Å². The Labute approximate surface area is 235 Å². The number of sulfonamides is 1. The zero-order valence-electron chi connectivity index (χ0n) is 22.1. The molecule has 1 aliphatic heterocycles. The number of hydrogen-bond donors (Lipinski definition) is 1. The summed E-state index contributed by atoms with van der Waals surface area (Å²) in [4.78, 5) is 21.3. The molecular weight excluding hydrogens is 557 g/mol. The van der Waals surface area contributed by atoms with Crippen LogP contribution in [0.1, 0.15) is 21.5 Å². The largest absolute Gasteiger partial charge is 0.496 e. The van der Waals surface area contributed by atoms with Gasteiger partial charge in [-0.15, -0.1) is 0 Å². The lowest BCUT2D eigenvalue weighted by Gasteiger charge is -2.35. The molecule has 0 spiro atoms. The molecule has 8 nitrogen and oxygen atoms in total. The van der Waals surface area contributed by atoms with Crippen molar-refractivity contribution in [1.29, 1.82) is 0 Å². The number of carbonyl (C=O) groups excluding carboxylic acids is 1. The van der Waals surface area contributed by atoms with E-state index in [-0.39, 0.29) is 22.2 Å². The molecule has 1 amide bonds. The number of fused-ring (bicyclic) bond motifs is 1. The summed E-state index contributed by atoms with van der Waals surface area (Å²) in [5.74, 6) is -0.0397. The van der Waals surface area contributed by atoms with Crippen molar-refractivity contribution in [3.8, 4) is 5.75 Å². The van der Waals surface area contributed by atoms with Crippen LogP contribution in [-0.2, 0) is 22.7 Å². The van der Waals surface area contributed by atoms with Crippen LogP contribution in [0.15, 0.2) is 83.9 Å². The number of halogens is 3. The van der Waals surface area contributed by atoms with Crippen LogP contribution in [0.2, 0.25) is 0 Å². The molecule has 1 aliphatic rings. The molecule has 2 heterocycles. The predicted molar refractivity (Wildman–Crippen MR) is 148 cm³/mol. The van der Waals surface area contributed by atoms with Crippen LogP contribution >= 0.6 is 0 Å². The van der Waals surface area contributed by atoms with E-state index in [2.05, 4.69) is 14.6 Å². The Morgan fingerprint density at radius 1 is 0.976 bits per heavy atom. The Kier molecular flexibility index (Phi) is 7.87. The van der Waals surface area contributed by atoms with Crippen molar-refractivity contribution in [3.63, 3.8) is 0 Å². The smallest absolute Gasteiger partial charge is 0.416 e. The van der Waals surface area contributed by atoms with Gasteiger partial charge >= 0.3 is 6.18 Å². The molecule has 0 saturated carbocycles. The average molecular weight is 585 g/mol. The molecule has 0 atom stereocenters. The van der Waals surface area contributed by atoms with Gasteiger partial charge in [-0.1, -0.05) is 30.3 Å². The first kappa shape index (κ1) is 28.4. The van der Waals surface area contributed by atoms with Crippen molar-refractivity contribution in [2.45, 2.75) is 17.6 Å². The second kappa shape index (κ2) is 11.4. The summed E-state index contributed by atoms with van der Waals surface area (Å²) in [6, 6.07) is 18.0. The number of amides is 1. The van der Waals surface area contributed by atoms with Gasteiger partial charge in [-0.2, -0.15) is 13.2 Å². The second-order valence-corrected chi connectivity index (χ2v) is 11.3.